The molecule has 5 heteroatoms. The number of benzene rings is 1. The van der Waals surface area contributed by atoms with Gasteiger partial charge in [-0.3, -0.25) is 4.79 Å². The van der Waals surface area contributed by atoms with E-state index in [9.17, 15) is 9.59 Å². The minimum absolute atomic E-state index is 0.156. The van der Waals surface area contributed by atoms with E-state index in [4.69, 9.17) is 4.74 Å². The smallest absolute Gasteiger partial charge is 0.340 e. The van der Waals surface area contributed by atoms with Crippen LogP contribution in [0.4, 0.5) is 0 Å². The Bertz CT molecular complexity index is 865. The maximum absolute atomic E-state index is 12.4. The molecule has 2 heterocycles. The number of aromatic nitrogens is 1. The third-order valence-electron chi connectivity index (χ3n) is 5.14. The molecule has 0 saturated carbocycles. The number of rotatable bonds is 5. The highest BCUT2D eigenvalue weighted by Crippen LogP contribution is 2.22. The van der Waals surface area contributed by atoms with E-state index in [1.165, 1.54) is 11.1 Å². The van der Waals surface area contributed by atoms with Crippen LogP contribution in [0.25, 0.3) is 5.57 Å². The van der Waals surface area contributed by atoms with Crippen molar-refractivity contribution >= 4 is 17.4 Å². The molecule has 0 atom stereocenters. The molecule has 0 spiro atoms. The van der Waals surface area contributed by atoms with Gasteiger partial charge in [0.15, 0.2) is 6.61 Å². The van der Waals surface area contributed by atoms with E-state index >= 15 is 0 Å². The van der Waals surface area contributed by atoms with E-state index in [1.807, 2.05) is 45.0 Å². The molecule has 0 bridgehead atoms. The number of esters is 1. The number of carbonyl (C=O) groups excluding carboxylic acids is 2. The van der Waals surface area contributed by atoms with Crippen molar-refractivity contribution in [1.82, 2.24) is 9.47 Å². The molecule has 142 valence electrons. The fourth-order valence-corrected chi connectivity index (χ4v) is 3.60. The summed E-state index contributed by atoms with van der Waals surface area (Å²) < 4.78 is 7.34. The second-order valence-electron chi connectivity index (χ2n) is 6.79. The number of hydrogen-bond acceptors (Lipinski definition) is 3. The molecule has 1 aromatic heterocycles. The van der Waals surface area contributed by atoms with Gasteiger partial charge in [-0.15, -0.1) is 0 Å². The Kier molecular flexibility index (Phi) is 5.79. The summed E-state index contributed by atoms with van der Waals surface area (Å²) in [5.41, 5.74) is 4.88. The second-order valence-corrected chi connectivity index (χ2v) is 6.79. The van der Waals surface area contributed by atoms with Crippen LogP contribution in [0, 0.1) is 13.8 Å². The Hall–Kier alpha value is -2.82. The molecule has 2 aromatic rings. The molecule has 0 N–H and O–H groups in total. The van der Waals surface area contributed by atoms with Crippen molar-refractivity contribution in [1.29, 1.82) is 0 Å². The quantitative estimate of drug-likeness (QED) is 0.760. The maximum atomic E-state index is 12.4. The second kappa shape index (κ2) is 8.25. The molecule has 3 rings (SSSR count). The van der Waals surface area contributed by atoms with Gasteiger partial charge in [0.2, 0.25) is 0 Å². The zero-order valence-electron chi connectivity index (χ0n) is 16.2. The summed E-state index contributed by atoms with van der Waals surface area (Å²) in [5, 5.41) is 0. The molecule has 1 aliphatic rings. The Morgan fingerprint density at radius 3 is 2.48 bits per heavy atom. The van der Waals surface area contributed by atoms with Crippen LogP contribution in [0.2, 0.25) is 0 Å². The van der Waals surface area contributed by atoms with Crippen molar-refractivity contribution < 1.29 is 14.3 Å². The van der Waals surface area contributed by atoms with E-state index < -0.39 is 5.97 Å². The fourth-order valence-electron chi connectivity index (χ4n) is 3.60. The molecule has 5 nitrogen and oxygen atoms in total. The zero-order valence-corrected chi connectivity index (χ0v) is 16.2. The molecule has 27 heavy (non-hydrogen) atoms. The summed E-state index contributed by atoms with van der Waals surface area (Å²) in [4.78, 5) is 26.5. The van der Waals surface area contributed by atoms with Gasteiger partial charge in [-0.1, -0.05) is 36.4 Å². The Morgan fingerprint density at radius 2 is 1.89 bits per heavy atom. The molecular formula is C22H26N2O3. The van der Waals surface area contributed by atoms with Crippen molar-refractivity contribution in [3.05, 3.63) is 65.0 Å². The van der Waals surface area contributed by atoms with Gasteiger partial charge >= 0.3 is 5.97 Å². The van der Waals surface area contributed by atoms with Crippen molar-refractivity contribution in [2.24, 2.45) is 0 Å². The highest BCUT2D eigenvalue weighted by atomic mass is 16.5. The first-order valence-electron chi connectivity index (χ1n) is 9.37. The first-order chi connectivity index (χ1) is 13.0. The largest absolute Gasteiger partial charge is 0.452 e. The third-order valence-corrected chi connectivity index (χ3v) is 5.14. The van der Waals surface area contributed by atoms with Crippen LogP contribution in [0.3, 0.4) is 0 Å². The molecule has 0 aliphatic carbocycles. The Balaban J connectivity index is 1.56. The van der Waals surface area contributed by atoms with Gasteiger partial charge in [-0.05, 0) is 44.4 Å². The average Bonchev–Trinajstić information content (AvgIpc) is 3.00. The lowest BCUT2D eigenvalue weighted by Gasteiger charge is -2.26. The lowest BCUT2D eigenvalue weighted by atomic mass is 10.00. The summed E-state index contributed by atoms with van der Waals surface area (Å²) in [6, 6.07) is 12.0. The number of carbonyl (C=O) groups is 2. The van der Waals surface area contributed by atoms with Crippen LogP contribution in [0.15, 0.2) is 42.5 Å². The molecule has 0 fully saturated rings. The normalized spacial score (nSPS) is 14.0. The van der Waals surface area contributed by atoms with Gasteiger partial charge in [-0.2, -0.15) is 0 Å². The van der Waals surface area contributed by atoms with Crippen molar-refractivity contribution in [2.45, 2.75) is 33.7 Å². The number of nitrogens with zero attached hydrogens (tertiary/aromatic N) is 2. The maximum Gasteiger partial charge on any atom is 0.340 e. The molecule has 0 unspecified atom stereocenters. The van der Waals surface area contributed by atoms with Crippen LogP contribution in [-0.2, 0) is 16.1 Å². The zero-order chi connectivity index (χ0) is 19.4. The topological polar surface area (TPSA) is 51.5 Å². The van der Waals surface area contributed by atoms with Crippen LogP contribution < -0.4 is 0 Å². The van der Waals surface area contributed by atoms with Crippen LogP contribution >= 0.6 is 0 Å². The molecule has 0 saturated heterocycles. The Labute approximate surface area is 160 Å². The minimum Gasteiger partial charge on any atom is -0.452 e. The van der Waals surface area contributed by atoms with Crippen LogP contribution in [0.5, 0.6) is 0 Å². The van der Waals surface area contributed by atoms with Gasteiger partial charge in [0, 0.05) is 31.0 Å². The van der Waals surface area contributed by atoms with Crippen molar-refractivity contribution in [2.75, 3.05) is 19.7 Å². The minimum atomic E-state index is -0.436. The monoisotopic (exact) mass is 366 g/mol. The standard InChI is InChI=1S/C22H26N2O3/c1-4-24-16(2)14-20(17(24)3)22(26)27-15-21(25)23-12-10-19(11-13-23)18-8-6-5-7-9-18/h5-10,14H,4,11-13,15H2,1-3H3. The summed E-state index contributed by atoms with van der Waals surface area (Å²) in [7, 11) is 0. The van der Waals surface area contributed by atoms with Gasteiger partial charge in [0.05, 0.1) is 5.56 Å². The summed E-state index contributed by atoms with van der Waals surface area (Å²) in [6.07, 6.45) is 2.88. The van der Waals surface area contributed by atoms with Crippen molar-refractivity contribution in [3.8, 4) is 0 Å². The van der Waals surface area contributed by atoms with E-state index in [-0.39, 0.29) is 12.5 Å². The summed E-state index contributed by atoms with van der Waals surface area (Å²) in [6.45, 7) is 7.66. The van der Waals surface area contributed by atoms with Crippen LogP contribution in [0.1, 0.15) is 40.7 Å². The molecule has 1 aromatic carbocycles. The van der Waals surface area contributed by atoms with E-state index in [2.05, 4.69) is 22.8 Å². The fraction of sp³-hybridized carbons (Fsp3) is 0.364. The number of ether oxygens (including phenoxy) is 1. The predicted molar refractivity (Wildman–Crippen MR) is 105 cm³/mol. The van der Waals surface area contributed by atoms with Crippen LogP contribution in [-0.4, -0.2) is 41.0 Å². The summed E-state index contributed by atoms with van der Waals surface area (Å²) in [5.74, 6) is -0.593. The van der Waals surface area contributed by atoms with Gasteiger partial charge in [0.25, 0.3) is 5.91 Å². The number of hydrogen-bond donors (Lipinski definition) is 0. The molecule has 1 amide bonds. The molecule has 0 radical (unpaired) electrons. The van der Waals surface area contributed by atoms with E-state index in [0.29, 0.717) is 18.7 Å². The van der Waals surface area contributed by atoms with E-state index in [0.717, 1.165) is 24.4 Å². The lowest BCUT2D eigenvalue weighted by molar-refractivity contribution is -0.134. The predicted octanol–water partition coefficient (Wildman–Crippen LogP) is 3.60. The number of amides is 1. The Morgan fingerprint density at radius 1 is 1.15 bits per heavy atom. The first kappa shape index (κ1) is 19.0. The highest BCUT2D eigenvalue weighted by molar-refractivity contribution is 5.93. The molecular weight excluding hydrogens is 340 g/mol. The van der Waals surface area contributed by atoms with Crippen molar-refractivity contribution in [3.63, 3.8) is 0 Å². The first-order valence-corrected chi connectivity index (χ1v) is 9.37. The van der Waals surface area contributed by atoms with E-state index in [1.54, 1.807) is 4.90 Å². The average molecular weight is 366 g/mol. The van der Waals surface area contributed by atoms with Gasteiger partial charge in [0.1, 0.15) is 0 Å². The van der Waals surface area contributed by atoms with Gasteiger partial charge in [-0.25, -0.2) is 4.79 Å². The molecule has 1 aliphatic heterocycles. The SMILES string of the molecule is CCn1c(C)cc(C(=O)OCC(=O)N2CC=C(c3ccccc3)CC2)c1C. The number of aryl methyl sites for hydroxylation is 1. The van der Waals surface area contributed by atoms with Gasteiger partial charge < -0.3 is 14.2 Å². The lowest BCUT2D eigenvalue weighted by Crippen LogP contribution is -2.37. The highest BCUT2D eigenvalue weighted by Gasteiger charge is 2.21. The summed E-state index contributed by atoms with van der Waals surface area (Å²) >= 11 is 0. The third kappa shape index (κ3) is 4.13.